The quantitative estimate of drug-likeness (QED) is 0.877. The summed E-state index contributed by atoms with van der Waals surface area (Å²) in [5, 5.41) is 9.91. The summed E-state index contributed by atoms with van der Waals surface area (Å²) in [7, 11) is 0. The average molecular weight is 308 g/mol. The number of aliphatic hydroxyl groups is 1. The van der Waals surface area contributed by atoms with E-state index < -0.39 is 0 Å². The van der Waals surface area contributed by atoms with Crippen molar-refractivity contribution in [2.75, 3.05) is 36.1 Å². The maximum atomic E-state index is 14.1. The number of nitrogens with zero attached hydrogens (tertiary/aromatic N) is 4. The molecule has 0 amide bonds. The Morgan fingerprint density at radius 3 is 2.55 bits per heavy atom. The summed E-state index contributed by atoms with van der Waals surface area (Å²) in [6, 6.07) is 0.550. The van der Waals surface area contributed by atoms with Crippen molar-refractivity contribution < 1.29 is 14.2 Å². The molecule has 1 unspecified atom stereocenters. The molecule has 3 saturated heterocycles. The van der Waals surface area contributed by atoms with Crippen LogP contribution >= 0.6 is 0 Å². The van der Waals surface area contributed by atoms with Crippen LogP contribution in [0.5, 0.6) is 0 Å². The van der Waals surface area contributed by atoms with Gasteiger partial charge < -0.3 is 19.6 Å². The van der Waals surface area contributed by atoms with Gasteiger partial charge in [0, 0.05) is 25.2 Å². The molecule has 3 fully saturated rings. The SMILES string of the molecule is OC1C[C@H]2CC[C@@H](C1)N2c1ncc(F)c(N2CCOCC2)n1. The van der Waals surface area contributed by atoms with Gasteiger partial charge in [0.15, 0.2) is 11.6 Å². The largest absolute Gasteiger partial charge is 0.393 e. The Morgan fingerprint density at radius 1 is 1.18 bits per heavy atom. The van der Waals surface area contributed by atoms with Crippen LogP contribution in [0.1, 0.15) is 25.7 Å². The van der Waals surface area contributed by atoms with Crippen molar-refractivity contribution in [3.05, 3.63) is 12.0 Å². The zero-order chi connectivity index (χ0) is 15.1. The number of ether oxygens (including phenoxy) is 1. The number of hydrogen-bond donors (Lipinski definition) is 1. The highest BCUT2D eigenvalue weighted by Crippen LogP contribution is 2.38. The lowest BCUT2D eigenvalue weighted by molar-refractivity contribution is 0.121. The summed E-state index contributed by atoms with van der Waals surface area (Å²) in [6.07, 6.45) is 4.66. The van der Waals surface area contributed by atoms with E-state index in [4.69, 9.17) is 4.74 Å². The molecule has 120 valence electrons. The number of fused-ring (bicyclic) bond motifs is 2. The van der Waals surface area contributed by atoms with E-state index in [0.717, 1.165) is 25.7 Å². The molecule has 0 aliphatic carbocycles. The van der Waals surface area contributed by atoms with Crippen LogP contribution in [-0.4, -0.2) is 59.6 Å². The average Bonchev–Trinajstić information content (AvgIpc) is 2.81. The zero-order valence-electron chi connectivity index (χ0n) is 12.5. The van der Waals surface area contributed by atoms with E-state index in [1.165, 1.54) is 6.20 Å². The monoisotopic (exact) mass is 308 g/mol. The van der Waals surface area contributed by atoms with Crippen LogP contribution in [0.25, 0.3) is 0 Å². The first-order valence-electron chi connectivity index (χ1n) is 8.04. The molecule has 22 heavy (non-hydrogen) atoms. The van der Waals surface area contributed by atoms with Gasteiger partial charge in [-0.15, -0.1) is 0 Å². The van der Waals surface area contributed by atoms with Gasteiger partial charge in [-0.25, -0.2) is 9.37 Å². The van der Waals surface area contributed by atoms with Gasteiger partial charge in [0.2, 0.25) is 5.95 Å². The molecule has 0 saturated carbocycles. The third-order valence-corrected chi connectivity index (χ3v) is 4.96. The number of halogens is 1. The molecule has 4 heterocycles. The smallest absolute Gasteiger partial charge is 0.227 e. The Kier molecular flexibility index (Phi) is 3.62. The molecule has 0 radical (unpaired) electrons. The predicted molar refractivity (Wildman–Crippen MR) is 79.6 cm³/mol. The molecule has 2 bridgehead atoms. The first-order chi connectivity index (χ1) is 10.7. The van der Waals surface area contributed by atoms with Crippen molar-refractivity contribution in [1.82, 2.24) is 9.97 Å². The maximum absolute atomic E-state index is 14.1. The van der Waals surface area contributed by atoms with Crippen LogP contribution < -0.4 is 9.80 Å². The highest BCUT2D eigenvalue weighted by molar-refractivity contribution is 5.47. The van der Waals surface area contributed by atoms with E-state index in [1.807, 2.05) is 4.90 Å². The van der Waals surface area contributed by atoms with E-state index in [1.54, 1.807) is 0 Å². The van der Waals surface area contributed by atoms with Crippen molar-refractivity contribution in [2.45, 2.75) is 43.9 Å². The molecule has 1 N–H and O–H groups in total. The minimum atomic E-state index is -0.380. The predicted octanol–water partition coefficient (Wildman–Crippen LogP) is 0.944. The number of aliphatic hydroxyl groups excluding tert-OH is 1. The van der Waals surface area contributed by atoms with Crippen LogP contribution in [0.2, 0.25) is 0 Å². The third-order valence-electron chi connectivity index (χ3n) is 4.96. The fourth-order valence-electron chi connectivity index (χ4n) is 3.95. The Labute approximate surface area is 128 Å². The Morgan fingerprint density at radius 2 is 1.86 bits per heavy atom. The number of aromatic nitrogens is 2. The second-order valence-corrected chi connectivity index (χ2v) is 6.36. The van der Waals surface area contributed by atoms with Crippen molar-refractivity contribution in [3.8, 4) is 0 Å². The molecular weight excluding hydrogens is 287 g/mol. The molecule has 6 nitrogen and oxygen atoms in total. The van der Waals surface area contributed by atoms with Gasteiger partial charge >= 0.3 is 0 Å². The lowest BCUT2D eigenvalue weighted by Gasteiger charge is -2.37. The minimum absolute atomic E-state index is 0.229. The fraction of sp³-hybridized carbons (Fsp3) is 0.733. The van der Waals surface area contributed by atoms with Gasteiger partial charge in [-0.1, -0.05) is 0 Å². The van der Waals surface area contributed by atoms with Crippen LogP contribution in [0.3, 0.4) is 0 Å². The highest BCUT2D eigenvalue weighted by Gasteiger charge is 2.41. The van der Waals surface area contributed by atoms with Crippen LogP contribution in [-0.2, 0) is 4.74 Å². The van der Waals surface area contributed by atoms with E-state index >= 15 is 0 Å². The zero-order valence-corrected chi connectivity index (χ0v) is 12.5. The molecule has 0 spiro atoms. The van der Waals surface area contributed by atoms with Crippen molar-refractivity contribution in [3.63, 3.8) is 0 Å². The first kappa shape index (κ1) is 14.1. The summed E-state index contributed by atoms with van der Waals surface area (Å²) in [5.74, 6) is 0.594. The lowest BCUT2D eigenvalue weighted by atomic mass is 10.0. The first-order valence-corrected chi connectivity index (χ1v) is 8.04. The molecule has 3 atom stereocenters. The van der Waals surface area contributed by atoms with Gasteiger partial charge in [0.05, 0.1) is 25.5 Å². The van der Waals surface area contributed by atoms with Crippen molar-refractivity contribution >= 4 is 11.8 Å². The molecule has 4 rings (SSSR count). The van der Waals surface area contributed by atoms with Crippen molar-refractivity contribution in [1.29, 1.82) is 0 Å². The highest BCUT2D eigenvalue weighted by atomic mass is 19.1. The Hall–Kier alpha value is -1.47. The molecule has 7 heteroatoms. The summed E-state index contributed by atoms with van der Waals surface area (Å²) in [6.45, 7) is 2.50. The second-order valence-electron chi connectivity index (χ2n) is 6.36. The fourth-order valence-corrected chi connectivity index (χ4v) is 3.95. The van der Waals surface area contributed by atoms with E-state index in [2.05, 4.69) is 14.9 Å². The van der Waals surface area contributed by atoms with Gasteiger partial charge in [-0.2, -0.15) is 4.98 Å². The summed E-state index contributed by atoms with van der Waals surface area (Å²) in [4.78, 5) is 12.8. The van der Waals surface area contributed by atoms with Crippen molar-refractivity contribution in [2.24, 2.45) is 0 Å². The van der Waals surface area contributed by atoms with E-state index in [0.29, 0.717) is 38.1 Å². The van der Waals surface area contributed by atoms with Gasteiger partial charge in [0.25, 0.3) is 0 Å². The molecule has 3 aliphatic rings. The third kappa shape index (κ3) is 2.42. The second kappa shape index (κ2) is 5.62. The van der Waals surface area contributed by atoms with Crippen LogP contribution in [0, 0.1) is 5.82 Å². The number of piperidine rings is 1. The molecule has 3 aliphatic heterocycles. The topological polar surface area (TPSA) is 61.7 Å². The van der Waals surface area contributed by atoms with Gasteiger partial charge in [0.1, 0.15) is 0 Å². The maximum Gasteiger partial charge on any atom is 0.227 e. The van der Waals surface area contributed by atoms with E-state index in [-0.39, 0.29) is 24.0 Å². The normalized spacial score (nSPS) is 31.6. The number of morpholine rings is 1. The molecule has 0 aromatic carbocycles. The summed E-state index contributed by atoms with van der Waals surface area (Å²) < 4.78 is 19.4. The number of hydrogen-bond acceptors (Lipinski definition) is 6. The Balaban J connectivity index is 1.63. The van der Waals surface area contributed by atoms with Crippen LogP contribution in [0.4, 0.5) is 16.2 Å². The van der Waals surface area contributed by atoms with Gasteiger partial charge in [-0.3, -0.25) is 0 Å². The summed E-state index contributed by atoms with van der Waals surface area (Å²) in [5.41, 5.74) is 0. The van der Waals surface area contributed by atoms with E-state index in [9.17, 15) is 9.50 Å². The lowest BCUT2D eigenvalue weighted by Crippen LogP contribution is -2.46. The summed E-state index contributed by atoms with van der Waals surface area (Å²) >= 11 is 0. The van der Waals surface area contributed by atoms with Crippen LogP contribution in [0.15, 0.2) is 6.20 Å². The standard InChI is InChI=1S/C15H21FN4O2/c16-13-9-17-15(18-14(13)19-3-5-22-6-4-19)20-10-1-2-11(20)8-12(21)7-10/h9-12,21H,1-8H2/t10-,11+,12?. The molecule has 1 aromatic heterocycles. The number of anilines is 2. The Bertz CT molecular complexity index is 538. The minimum Gasteiger partial charge on any atom is -0.393 e. The number of rotatable bonds is 2. The van der Waals surface area contributed by atoms with Gasteiger partial charge in [-0.05, 0) is 25.7 Å². The molecular formula is C15H21FN4O2. The molecule has 1 aromatic rings.